The van der Waals surface area contributed by atoms with Crippen molar-refractivity contribution in [2.75, 3.05) is 0 Å². The number of hydrogen-bond acceptors (Lipinski definition) is 3. The number of fused-ring (bicyclic) bond motifs is 1. The van der Waals surface area contributed by atoms with Crippen LogP contribution in [0.15, 0.2) is 16.9 Å². The van der Waals surface area contributed by atoms with Crippen LogP contribution >= 0.6 is 23.2 Å². The predicted molar refractivity (Wildman–Crippen MR) is 59.3 cm³/mol. The predicted octanol–water partition coefficient (Wildman–Crippen LogP) is 1.93. The van der Waals surface area contributed by atoms with Crippen molar-refractivity contribution in [3.8, 4) is 0 Å². The van der Waals surface area contributed by atoms with E-state index in [4.69, 9.17) is 28.3 Å². The third-order valence-electron chi connectivity index (χ3n) is 2.03. The number of aromatic carboxylic acids is 1. The molecule has 16 heavy (non-hydrogen) atoms. The van der Waals surface area contributed by atoms with Gasteiger partial charge in [0.1, 0.15) is 0 Å². The van der Waals surface area contributed by atoms with Crippen LogP contribution in [0.4, 0.5) is 0 Å². The van der Waals surface area contributed by atoms with Gasteiger partial charge in [-0.2, -0.15) is 5.10 Å². The molecule has 0 bridgehead atoms. The third kappa shape index (κ3) is 1.54. The number of halogens is 2. The maximum Gasteiger partial charge on any atom is 0.360 e. The summed E-state index contributed by atoms with van der Waals surface area (Å²) < 4.78 is 0. The minimum Gasteiger partial charge on any atom is -0.476 e. The summed E-state index contributed by atoms with van der Waals surface area (Å²) in [4.78, 5) is 22.4. The molecule has 2 rings (SSSR count). The second-order valence-corrected chi connectivity index (χ2v) is 3.78. The van der Waals surface area contributed by atoms with Crippen LogP contribution in [-0.2, 0) is 0 Å². The van der Waals surface area contributed by atoms with E-state index in [0.29, 0.717) is 5.52 Å². The second kappa shape index (κ2) is 3.77. The van der Waals surface area contributed by atoms with Crippen molar-refractivity contribution in [2.45, 2.75) is 0 Å². The normalized spacial score (nSPS) is 10.6. The molecule has 7 heteroatoms. The Hall–Kier alpha value is -1.59. The minimum atomic E-state index is -1.42. The zero-order chi connectivity index (χ0) is 11.9. The Morgan fingerprint density at radius 2 is 2.06 bits per heavy atom. The Balaban J connectivity index is 2.98. The SMILES string of the molecule is O=C(O)c1n[nH]c2ccc(Cl)c(Cl)c2c1=O. The molecule has 1 aromatic carbocycles. The van der Waals surface area contributed by atoms with Gasteiger partial charge in [-0.25, -0.2) is 4.79 Å². The quantitative estimate of drug-likeness (QED) is 0.819. The maximum absolute atomic E-state index is 11.7. The molecule has 0 fully saturated rings. The molecule has 0 spiro atoms. The van der Waals surface area contributed by atoms with E-state index in [1.807, 2.05) is 0 Å². The second-order valence-electron chi connectivity index (χ2n) is 2.99. The summed E-state index contributed by atoms with van der Waals surface area (Å²) >= 11 is 11.6. The number of carboxylic acids is 1. The molecule has 0 aliphatic heterocycles. The van der Waals surface area contributed by atoms with E-state index < -0.39 is 17.1 Å². The van der Waals surface area contributed by atoms with Crippen molar-refractivity contribution in [3.63, 3.8) is 0 Å². The van der Waals surface area contributed by atoms with E-state index in [2.05, 4.69) is 10.2 Å². The minimum absolute atomic E-state index is 0.0188. The lowest BCUT2D eigenvalue weighted by atomic mass is 10.2. The molecule has 0 saturated carbocycles. The summed E-state index contributed by atoms with van der Waals surface area (Å²) in [7, 11) is 0. The van der Waals surface area contributed by atoms with Crippen LogP contribution in [0.1, 0.15) is 10.5 Å². The van der Waals surface area contributed by atoms with Crippen LogP contribution in [0.2, 0.25) is 10.0 Å². The van der Waals surface area contributed by atoms with Crippen molar-refractivity contribution in [1.29, 1.82) is 0 Å². The van der Waals surface area contributed by atoms with Crippen LogP contribution in [-0.4, -0.2) is 21.3 Å². The summed E-state index contributed by atoms with van der Waals surface area (Å²) in [6.45, 7) is 0. The van der Waals surface area contributed by atoms with Gasteiger partial charge in [0.25, 0.3) is 0 Å². The van der Waals surface area contributed by atoms with Crippen molar-refractivity contribution < 1.29 is 9.90 Å². The fourth-order valence-electron chi connectivity index (χ4n) is 1.30. The lowest BCUT2D eigenvalue weighted by Crippen LogP contribution is -2.18. The lowest BCUT2D eigenvalue weighted by Gasteiger charge is -2.02. The van der Waals surface area contributed by atoms with E-state index in [1.54, 1.807) is 0 Å². The molecule has 0 amide bonds. The maximum atomic E-state index is 11.7. The largest absolute Gasteiger partial charge is 0.476 e. The number of benzene rings is 1. The molecule has 0 unspecified atom stereocenters. The first-order chi connectivity index (χ1) is 7.52. The highest BCUT2D eigenvalue weighted by atomic mass is 35.5. The van der Waals surface area contributed by atoms with Gasteiger partial charge in [-0.3, -0.25) is 9.89 Å². The first-order valence-corrected chi connectivity index (χ1v) is 4.87. The van der Waals surface area contributed by atoms with E-state index in [0.717, 1.165) is 0 Å². The zero-order valence-electron chi connectivity index (χ0n) is 7.62. The molecule has 1 heterocycles. The van der Waals surface area contributed by atoms with E-state index in [1.165, 1.54) is 12.1 Å². The van der Waals surface area contributed by atoms with E-state index >= 15 is 0 Å². The molecule has 0 saturated heterocycles. The van der Waals surface area contributed by atoms with Crippen molar-refractivity contribution >= 4 is 40.1 Å². The fourth-order valence-corrected chi connectivity index (χ4v) is 1.70. The number of H-pyrrole nitrogens is 1. The Morgan fingerprint density at radius 3 is 2.69 bits per heavy atom. The van der Waals surface area contributed by atoms with E-state index in [9.17, 15) is 9.59 Å². The van der Waals surface area contributed by atoms with E-state index in [-0.39, 0.29) is 15.4 Å². The highest BCUT2D eigenvalue weighted by Crippen LogP contribution is 2.27. The number of rotatable bonds is 1. The average Bonchev–Trinajstić information content (AvgIpc) is 2.23. The van der Waals surface area contributed by atoms with Gasteiger partial charge in [0, 0.05) is 0 Å². The number of carbonyl (C=O) groups is 1. The molecular weight excluding hydrogens is 255 g/mol. The molecule has 0 atom stereocenters. The summed E-state index contributed by atoms with van der Waals surface area (Å²) in [5.74, 6) is -1.42. The van der Waals surface area contributed by atoms with Gasteiger partial charge in [-0.15, -0.1) is 0 Å². The first kappa shape index (κ1) is 10.9. The summed E-state index contributed by atoms with van der Waals surface area (Å²) in [6, 6.07) is 2.99. The average molecular weight is 259 g/mol. The monoisotopic (exact) mass is 258 g/mol. The molecule has 0 aliphatic carbocycles. The Bertz CT molecular complexity index is 651. The highest BCUT2D eigenvalue weighted by Gasteiger charge is 2.16. The number of aromatic nitrogens is 2. The number of nitrogens with one attached hydrogen (secondary N) is 1. The molecule has 2 aromatic rings. The molecule has 5 nitrogen and oxygen atoms in total. The van der Waals surface area contributed by atoms with Crippen molar-refractivity contribution in [1.82, 2.24) is 10.2 Å². The summed E-state index contributed by atoms with van der Waals surface area (Å²) in [5, 5.41) is 14.8. The third-order valence-corrected chi connectivity index (χ3v) is 2.83. The van der Waals surface area contributed by atoms with Gasteiger partial charge >= 0.3 is 5.97 Å². The molecular formula is C9H4Cl2N2O3. The first-order valence-electron chi connectivity index (χ1n) is 4.12. The van der Waals surface area contributed by atoms with Crippen LogP contribution in [0.3, 0.4) is 0 Å². The van der Waals surface area contributed by atoms with Gasteiger partial charge in [0.2, 0.25) is 11.1 Å². The van der Waals surface area contributed by atoms with Crippen LogP contribution in [0.25, 0.3) is 10.9 Å². The standard InChI is InChI=1S/C9H4Cl2N2O3/c10-3-1-2-4-5(6(3)11)8(14)7(9(15)16)13-12-4/h1-2H,(H,12,14)(H,15,16). The van der Waals surface area contributed by atoms with Crippen molar-refractivity contribution in [3.05, 3.63) is 38.1 Å². The lowest BCUT2D eigenvalue weighted by molar-refractivity contribution is 0.0688. The van der Waals surface area contributed by atoms with Gasteiger partial charge in [-0.05, 0) is 12.1 Å². The number of aromatic amines is 1. The van der Waals surface area contributed by atoms with Crippen LogP contribution in [0.5, 0.6) is 0 Å². The number of nitrogens with zero attached hydrogens (tertiary/aromatic N) is 1. The number of hydrogen-bond donors (Lipinski definition) is 2. The highest BCUT2D eigenvalue weighted by molar-refractivity contribution is 6.45. The Kier molecular flexibility index (Phi) is 2.57. The number of carboxylic acid groups (broad SMARTS) is 1. The van der Waals surface area contributed by atoms with Gasteiger partial charge in [-0.1, -0.05) is 23.2 Å². The van der Waals surface area contributed by atoms with Crippen LogP contribution in [0, 0.1) is 0 Å². The van der Waals surface area contributed by atoms with Gasteiger partial charge < -0.3 is 5.11 Å². The Morgan fingerprint density at radius 1 is 1.38 bits per heavy atom. The van der Waals surface area contributed by atoms with Gasteiger partial charge in [0.05, 0.1) is 20.9 Å². The van der Waals surface area contributed by atoms with Crippen LogP contribution < -0.4 is 5.43 Å². The topological polar surface area (TPSA) is 83.0 Å². The van der Waals surface area contributed by atoms with Crippen molar-refractivity contribution in [2.24, 2.45) is 0 Å². The molecule has 1 aromatic heterocycles. The van der Waals surface area contributed by atoms with Gasteiger partial charge in [0.15, 0.2) is 0 Å². The molecule has 82 valence electrons. The molecule has 0 aliphatic rings. The zero-order valence-corrected chi connectivity index (χ0v) is 9.13. The summed E-state index contributed by atoms with van der Waals surface area (Å²) in [6.07, 6.45) is 0. The molecule has 0 radical (unpaired) electrons. The smallest absolute Gasteiger partial charge is 0.360 e. The fraction of sp³-hybridized carbons (Fsp3) is 0. The molecule has 2 N–H and O–H groups in total. The Labute approximate surface area is 98.6 Å². The summed E-state index contributed by atoms with van der Waals surface area (Å²) in [5.41, 5.74) is -1.03.